The predicted molar refractivity (Wildman–Crippen MR) is 79.9 cm³/mol. The van der Waals surface area contributed by atoms with Crippen LogP contribution in [0.4, 0.5) is 15.0 Å². The third-order valence-electron chi connectivity index (χ3n) is 3.61. The molecular formula is C14H20FN3O6. The molecule has 1 aliphatic rings. The molecule has 1 aromatic heterocycles. The predicted octanol–water partition coefficient (Wildman–Crippen LogP) is 0.370. The lowest BCUT2D eigenvalue weighted by atomic mass is 10.1. The van der Waals surface area contributed by atoms with Gasteiger partial charge in [-0.1, -0.05) is 13.3 Å². The summed E-state index contributed by atoms with van der Waals surface area (Å²) >= 11 is 0. The maximum atomic E-state index is 14.1. The quantitative estimate of drug-likeness (QED) is 0.659. The zero-order chi connectivity index (χ0) is 17.9. The topological polar surface area (TPSA) is 123 Å². The molecule has 3 N–H and O–H groups in total. The zero-order valence-electron chi connectivity index (χ0n) is 13.3. The average Bonchev–Trinajstić information content (AvgIpc) is 2.78. The molecule has 1 amide bonds. The van der Waals surface area contributed by atoms with Gasteiger partial charge < -0.3 is 19.7 Å². The van der Waals surface area contributed by atoms with Gasteiger partial charge in [0.25, 0.3) is 0 Å². The van der Waals surface area contributed by atoms with Crippen LogP contribution in [-0.2, 0) is 9.47 Å². The lowest BCUT2D eigenvalue weighted by Crippen LogP contribution is -2.36. The monoisotopic (exact) mass is 345 g/mol. The van der Waals surface area contributed by atoms with E-state index in [1.807, 2.05) is 12.2 Å². The molecule has 2 unspecified atom stereocenters. The molecule has 0 aromatic carbocycles. The minimum atomic E-state index is -1.41. The van der Waals surface area contributed by atoms with Crippen LogP contribution in [0.15, 0.2) is 11.0 Å². The number of carbonyl (C=O) groups excluding carboxylic acids is 1. The summed E-state index contributed by atoms with van der Waals surface area (Å²) in [5.74, 6) is -1.59. The van der Waals surface area contributed by atoms with Crippen LogP contribution in [-0.4, -0.2) is 50.8 Å². The molecule has 0 aliphatic carbocycles. The highest BCUT2D eigenvalue weighted by molar-refractivity contribution is 5.83. The highest BCUT2D eigenvalue weighted by atomic mass is 19.1. The van der Waals surface area contributed by atoms with Crippen LogP contribution in [0, 0.1) is 5.82 Å². The number of rotatable bonds is 5. The number of nitrogens with zero attached hydrogens (tertiary/aromatic N) is 2. The number of carbonyl (C=O) groups is 1. The smallest absolute Gasteiger partial charge is 0.412 e. The largest absolute Gasteiger partial charge is 0.449 e. The number of aliphatic hydroxyl groups excluding tert-OH is 2. The molecule has 2 rings (SSSR count). The summed E-state index contributed by atoms with van der Waals surface area (Å²) < 4.78 is 24.8. The number of ether oxygens (including phenoxy) is 2. The summed E-state index contributed by atoms with van der Waals surface area (Å²) in [6, 6.07) is 0. The fourth-order valence-corrected chi connectivity index (χ4v) is 2.21. The normalized spacial score (nSPS) is 26.4. The van der Waals surface area contributed by atoms with Crippen molar-refractivity contribution in [3.05, 3.63) is 22.5 Å². The Labute approximate surface area is 137 Å². The van der Waals surface area contributed by atoms with Gasteiger partial charge in [-0.25, -0.2) is 14.0 Å². The SMILES string of the molecule is CCCCOC(=O)Nc1nc(=O)n([C@@H]2O[C@H](C)C(O)C2O)cc1F. The number of amides is 1. The molecule has 9 nitrogen and oxygen atoms in total. The van der Waals surface area contributed by atoms with Crippen molar-refractivity contribution >= 4 is 11.9 Å². The van der Waals surface area contributed by atoms with E-state index in [4.69, 9.17) is 9.47 Å². The Kier molecular flexibility index (Phi) is 5.86. The van der Waals surface area contributed by atoms with Crippen LogP contribution in [0.2, 0.25) is 0 Å². The van der Waals surface area contributed by atoms with Gasteiger partial charge in [-0.2, -0.15) is 4.98 Å². The van der Waals surface area contributed by atoms with Crippen LogP contribution in [0.25, 0.3) is 0 Å². The van der Waals surface area contributed by atoms with Crippen molar-refractivity contribution in [1.82, 2.24) is 9.55 Å². The van der Waals surface area contributed by atoms with Gasteiger partial charge in [0.2, 0.25) is 0 Å². The van der Waals surface area contributed by atoms with Crippen molar-refractivity contribution in [2.75, 3.05) is 11.9 Å². The lowest BCUT2D eigenvalue weighted by Gasteiger charge is -2.17. The molecule has 0 spiro atoms. The molecule has 1 fully saturated rings. The molecule has 0 saturated carbocycles. The molecule has 4 atom stereocenters. The number of aromatic nitrogens is 2. The second-order valence-electron chi connectivity index (χ2n) is 5.45. The van der Waals surface area contributed by atoms with Crippen molar-refractivity contribution < 1.29 is 28.9 Å². The fourth-order valence-electron chi connectivity index (χ4n) is 2.21. The van der Waals surface area contributed by atoms with Gasteiger partial charge in [0, 0.05) is 0 Å². The number of hydrogen-bond acceptors (Lipinski definition) is 7. The lowest BCUT2D eigenvalue weighted by molar-refractivity contribution is -0.0355. The summed E-state index contributed by atoms with van der Waals surface area (Å²) in [7, 11) is 0. The summed E-state index contributed by atoms with van der Waals surface area (Å²) in [5.41, 5.74) is -0.953. The Hall–Kier alpha value is -2.04. The van der Waals surface area contributed by atoms with Crippen LogP contribution < -0.4 is 11.0 Å². The summed E-state index contributed by atoms with van der Waals surface area (Å²) in [4.78, 5) is 26.9. The van der Waals surface area contributed by atoms with E-state index >= 15 is 0 Å². The van der Waals surface area contributed by atoms with Crippen molar-refractivity contribution in [3.8, 4) is 0 Å². The number of unbranched alkanes of at least 4 members (excludes halogenated alkanes) is 1. The van der Waals surface area contributed by atoms with Crippen LogP contribution in [0.5, 0.6) is 0 Å². The first-order chi connectivity index (χ1) is 11.3. The number of aliphatic hydroxyl groups is 2. The first kappa shape index (κ1) is 18.3. The maximum absolute atomic E-state index is 14.1. The van der Waals surface area contributed by atoms with Gasteiger partial charge >= 0.3 is 11.8 Å². The molecule has 2 heterocycles. The molecule has 24 heavy (non-hydrogen) atoms. The molecule has 0 radical (unpaired) electrons. The summed E-state index contributed by atoms with van der Waals surface area (Å²) in [5, 5.41) is 21.6. The number of hydrogen-bond donors (Lipinski definition) is 3. The second kappa shape index (κ2) is 7.69. The Morgan fingerprint density at radius 1 is 1.50 bits per heavy atom. The van der Waals surface area contributed by atoms with E-state index in [2.05, 4.69) is 4.98 Å². The number of halogens is 1. The molecule has 1 saturated heterocycles. The van der Waals surface area contributed by atoms with Crippen LogP contribution in [0.3, 0.4) is 0 Å². The first-order valence-electron chi connectivity index (χ1n) is 7.59. The molecule has 0 bridgehead atoms. The molecule has 134 valence electrons. The number of nitrogens with one attached hydrogen (secondary N) is 1. The van der Waals surface area contributed by atoms with Crippen LogP contribution in [0.1, 0.15) is 32.9 Å². The maximum Gasteiger partial charge on any atom is 0.412 e. The first-order valence-corrected chi connectivity index (χ1v) is 7.59. The average molecular weight is 345 g/mol. The zero-order valence-corrected chi connectivity index (χ0v) is 13.3. The van der Waals surface area contributed by atoms with Gasteiger partial charge in [0.15, 0.2) is 17.9 Å². The molecular weight excluding hydrogens is 325 g/mol. The highest BCUT2D eigenvalue weighted by Crippen LogP contribution is 2.28. The van der Waals surface area contributed by atoms with Crippen molar-refractivity contribution in [3.63, 3.8) is 0 Å². The third-order valence-corrected chi connectivity index (χ3v) is 3.61. The highest BCUT2D eigenvalue weighted by Gasteiger charge is 2.42. The number of anilines is 1. The van der Waals surface area contributed by atoms with Gasteiger partial charge in [-0.05, 0) is 13.3 Å². The van der Waals surface area contributed by atoms with E-state index < -0.39 is 48.0 Å². The Morgan fingerprint density at radius 3 is 2.79 bits per heavy atom. The Balaban J connectivity index is 2.14. The van der Waals surface area contributed by atoms with Crippen molar-refractivity contribution in [2.24, 2.45) is 0 Å². The second-order valence-corrected chi connectivity index (χ2v) is 5.45. The standard InChI is InChI=1S/C14H20FN3O6/c1-3-4-5-23-14(22)17-11-8(15)6-18(13(21)16-11)12-10(20)9(19)7(2)24-12/h6-7,9-10,12,19-20H,3-5H2,1-2H3,(H,16,17,21,22)/t7-,9?,10?,12-/m1/s1. The molecule has 1 aliphatic heterocycles. The minimum absolute atomic E-state index is 0.166. The van der Waals surface area contributed by atoms with Gasteiger partial charge in [-0.3, -0.25) is 9.88 Å². The molecule has 10 heteroatoms. The van der Waals surface area contributed by atoms with E-state index in [1.54, 1.807) is 0 Å². The summed E-state index contributed by atoms with van der Waals surface area (Å²) in [6.45, 7) is 3.59. The minimum Gasteiger partial charge on any atom is -0.449 e. The molecule has 1 aromatic rings. The van der Waals surface area contributed by atoms with E-state index in [9.17, 15) is 24.2 Å². The van der Waals surface area contributed by atoms with Crippen molar-refractivity contribution in [1.29, 1.82) is 0 Å². The van der Waals surface area contributed by atoms with Gasteiger partial charge in [0.1, 0.15) is 12.2 Å². The van der Waals surface area contributed by atoms with E-state index in [0.717, 1.165) is 17.2 Å². The fraction of sp³-hybridized carbons (Fsp3) is 0.643. The van der Waals surface area contributed by atoms with E-state index in [-0.39, 0.29) is 6.61 Å². The van der Waals surface area contributed by atoms with E-state index in [1.165, 1.54) is 6.92 Å². The van der Waals surface area contributed by atoms with Crippen molar-refractivity contribution in [2.45, 2.75) is 51.2 Å². The Morgan fingerprint density at radius 2 is 2.21 bits per heavy atom. The van der Waals surface area contributed by atoms with E-state index in [0.29, 0.717) is 6.42 Å². The Bertz CT molecular complexity index is 652. The third kappa shape index (κ3) is 3.89. The van der Waals surface area contributed by atoms with Gasteiger partial charge in [-0.15, -0.1) is 0 Å². The van der Waals surface area contributed by atoms with Gasteiger partial charge in [0.05, 0.1) is 18.9 Å². The van der Waals surface area contributed by atoms with Crippen LogP contribution >= 0.6 is 0 Å². The summed E-state index contributed by atoms with van der Waals surface area (Å²) in [6.07, 6.45) is -3.32.